The van der Waals surface area contributed by atoms with Gasteiger partial charge in [-0.1, -0.05) is 44.2 Å². The first-order valence-corrected chi connectivity index (χ1v) is 8.34. The van der Waals surface area contributed by atoms with Crippen LogP contribution < -0.4 is 5.32 Å². The van der Waals surface area contributed by atoms with E-state index >= 15 is 0 Å². The number of benzene rings is 1. The molecule has 1 saturated carbocycles. The van der Waals surface area contributed by atoms with E-state index in [2.05, 4.69) is 54.4 Å². The monoisotopic (exact) mass is 272 g/mol. The Kier molecular flexibility index (Phi) is 4.13. The molecule has 1 heterocycles. The molecule has 0 bridgehead atoms. The molecule has 2 heteroatoms. The van der Waals surface area contributed by atoms with Crippen molar-refractivity contribution in [2.75, 3.05) is 13.1 Å². The van der Waals surface area contributed by atoms with E-state index in [4.69, 9.17) is 0 Å². The summed E-state index contributed by atoms with van der Waals surface area (Å²) in [7, 11) is 0. The van der Waals surface area contributed by atoms with Gasteiger partial charge in [-0.25, -0.2) is 0 Å². The second-order valence-electron chi connectivity index (χ2n) is 6.52. The lowest BCUT2D eigenvalue weighted by Gasteiger charge is -2.56. The third-order valence-electron chi connectivity index (χ3n) is 5.62. The molecular weight excluding hydrogens is 244 g/mol. The molecule has 1 aromatic rings. The Balaban J connectivity index is 1.87. The number of hydrogen-bond donors (Lipinski definition) is 1. The van der Waals surface area contributed by atoms with Crippen molar-refractivity contribution in [1.29, 1.82) is 0 Å². The maximum atomic E-state index is 3.75. The van der Waals surface area contributed by atoms with Crippen molar-refractivity contribution >= 4 is 0 Å². The quantitative estimate of drug-likeness (QED) is 0.898. The van der Waals surface area contributed by atoms with Crippen LogP contribution in [0.1, 0.15) is 57.6 Å². The van der Waals surface area contributed by atoms with Crippen molar-refractivity contribution in [3.63, 3.8) is 0 Å². The molecule has 3 rings (SSSR count). The van der Waals surface area contributed by atoms with Crippen LogP contribution in [0.2, 0.25) is 0 Å². The van der Waals surface area contributed by atoms with Gasteiger partial charge < -0.3 is 5.32 Å². The van der Waals surface area contributed by atoms with E-state index in [1.54, 1.807) is 0 Å². The standard InChI is InChI=1S/C18H28N2/c1-3-16-14-20(18(4-2)11-8-12-18)17(13-19-16)15-9-6-5-7-10-15/h5-7,9-10,16-17,19H,3-4,8,11-14H2,1-2H3. The van der Waals surface area contributed by atoms with Gasteiger partial charge in [-0.15, -0.1) is 0 Å². The molecule has 0 amide bonds. The Morgan fingerprint density at radius 3 is 2.50 bits per heavy atom. The van der Waals surface area contributed by atoms with Crippen LogP contribution >= 0.6 is 0 Å². The Morgan fingerprint density at radius 1 is 1.20 bits per heavy atom. The number of nitrogens with zero attached hydrogens (tertiary/aromatic N) is 1. The van der Waals surface area contributed by atoms with Crippen molar-refractivity contribution in [1.82, 2.24) is 10.2 Å². The van der Waals surface area contributed by atoms with E-state index in [1.807, 2.05) is 0 Å². The Morgan fingerprint density at radius 2 is 1.95 bits per heavy atom. The zero-order valence-electron chi connectivity index (χ0n) is 12.9. The molecule has 2 atom stereocenters. The molecule has 0 radical (unpaired) electrons. The van der Waals surface area contributed by atoms with E-state index in [-0.39, 0.29) is 0 Å². The van der Waals surface area contributed by atoms with Gasteiger partial charge in [0.2, 0.25) is 0 Å². The number of rotatable bonds is 4. The van der Waals surface area contributed by atoms with Gasteiger partial charge in [-0.3, -0.25) is 4.90 Å². The first kappa shape index (κ1) is 14.1. The SMILES string of the molecule is CCC1CN(C2(CC)CCC2)C(c2ccccc2)CN1. The summed E-state index contributed by atoms with van der Waals surface area (Å²) in [5, 5.41) is 3.75. The van der Waals surface area contributed by atoms with Crippen molar-refractivity contribution < 1.29 is 0 Å². The fourth-order valence-corrected chi connectivity index (χ4v) is 4.02. The lowest BCUT2D eigenvalue weighted by atomic mass is 9.71. The molecule has 20 heavy (non-hydrogen) atoms. The molecule has 110 valence electrons. The zero-order chi connectivity index (χ0) is 14.0. The van der Waals surface area contributed by atoms with Crippen molar-refractivity contribution in [3.05, 3.63) is 35.9 Å². The Labute approximate surface area is 123 Å². The van der Waals surface area contributed by atoms with Gasteiger partial charge in [0.15, 0.2) is 0 Å². The molecule has 1 aromatic carbocycles. The maximum Gasteiger partial charge on any atom is 0.0478 e. The lowest BCUT2D eigenvalue weighted by Crippen LogP contribution is -2.63. The van der Waals surface area contributed by atoms with Crippen LogP contribution in [-0.2, 0) is 0 Å². The molecule has 1 aliphatic carbocycles. The summed E-state index contributed by atoms with van der Waals surface area (Å²) < 4.78 is 0. The molecule has 1 N–H and O–H groups in total. The number of hydrogen-bond acceptors (Lipinski definition) is 2. The van der Waals surface area contributed by atoms with Gasteiger partial charge in [0.1, 0.15) is 0 Å². The molecule has 2 nitrogen and oxygen atoms in total. The molecule has 2 fully saturated rings. The molecule has 0 aromatic heterocycles. The molecule has 1 saturated heterocycles. The van der Waals surface area contributed by atoms with Crippen molar-refractivity contribution in [3.8, 4) is 0 Å². The van der Waals surface area contributed by atoms with Gasteiger partial charge in [0, 0.05) is 30.7 Å². The van der Waals surface area contributed by atoms with Crippen LogP contribution in [0.3, 0.4) is 0 Å². The third kappa shape index (κ3) is 2.40. The van der Waals surface area contributed by atoms with Gasteiger partial charge in [0.05, 0.1) is 0 Å². The Bertz CT molecular complexity index is 419. The minimum absolute atomic E-state index is 0.482. The van der Waals surface area contributed by atoms with E-state index in [0.29, 0.717) is 17.6 Å². The predicted molar refractivity (Wildman–Crippen MR) is 84.8 cm³/mol. The fraction of sp³-hybridized carbons (Fsp3) is 0.667. The average Bonchev–Trinajstić information content (AvgIpc) is 2.47. The van der Waals surface area contributed by atoms with E-state index in [0.717, 1.165) is 6.54 Å². The molecule has 0 spiro atoms. The second-order valence-corrected chi connectivity index (χ2v) is 6.52. The van der Waals surface area contributed by atoms with Gasteiger partial charge in [0.25, 0.3) is 0 Å². The van der Waals surface area contributed by atoms with Crippen LogP contribution in [0.4, 0.5) is 0 Å². The Hall–Kier alpha value is -0.860. The van der Waals surface area contributed by atoms with E-state index in [9.17, 15) is 0 Å². The summed E-state index contributed by atoms with van der Waals surface area (Å²) in [5.41, 5.74) is 1.96. The van der Waals surface area contributed by atoms with Crippen molar-refractivity contribution in [2.24, 2.45) is 0 Å². The van der Waals surface area contributed by atoms with Crippen LogP contribution in [0, 0.1) is 0 Å². The molecular formula is C18H28N2. The first-order valence-electron chi connectivity index (χ1n) is 8.34. The topological polar surface area (TPSA) is 15.3 Å². The highest BCUT2D eigenvalue weighted by atomic mass is 15.3. The van der Waals surface area contributed by atoms with Crippen molar-refractivity contribution in [2.45, 2.75) is 63.6 Å². The summed E-state index contributed by atoms with van der Waals surface area (Å²) in [6, 6.07) is 12.3. The minimum atomic E-state index is 0.482. The maximum absolute atomic E-state index is 3.75. The van der Waals surface area contributed by atoms with Gasteiger partial charge >= 0.3 is 0 Å². The first-order chi connectivity index (χ1) is 9.79. The van der Waals surface area contributed by atoms with Gasteiger partial charge in [-0.2, -0.15) is 0 Å². The second kappa shape index (κ2) is 5.87. The molecule has 2 unspecified atom stereocenters. The van der Waals surface area contributed by atoms with E-state index < -0.39 is 0 Å². The molecule has 2 aliphatic rings. The number of piperazine rings is 1. The normalized spacial score (nSPS) is 29.9. The van der Waals surface area contributed by atoms with Crippen LogP contribution in [-0.4, -0.2) is 29.6 Å². The largest absolute Gasteiger partial charge is 0.311 e. The third-order valence-corrected chi connectivity index (χ3v) is 5.62. The van der Waals surface area contributed by atoms with Crippen LogP contribution in [0.25, 0.3) is 0 Å². The summed E-state index contributed by atoms with van der Waals surface area (Å²) in [6.45, 7) is 7.00. The average molecular weight is 272 g/mol. The highest BCUT2D eigenvalue weighted by molar-refractivity contribution is 5.22. The minimum Gasteiger partial charge on any atom is -0.311 e. The molecule has 1 aliphatic heterocycles. The summed E-state index contributed by atoms with van der Waals surface area (Å²) in [6.07, 6.45) is 6.73. The highest BCUT2D eigenvalue weighted by Crippen LogP contribution is 2.45. The smallest absolute Gasteiger partial charge is 0.0478 e. The number of nitrogens with one attached hydrogen (secondary N) is 1. The predicted octanol–water partition coefficient (Wildman–Crippen LogP) is 3.74. The summed E-state index contributed by atoms with van der Waals surface area (Å²) in [5.74, 6) is 0. The van der Waals surface area contributed by atoms with Crippen LogP contribution in [0.5, 0.6) is 0 Å². The summed E-state index contributed by atoms with van der Waals surface area (Å²) >= 11 is 0. The fourth-order valence-electron chi connectivity index (χ4n) is 4.02. The van der Waals surface area contributed by atoms with Crippen LogP contribution in [0.15, 0.2) is 30.3 Å². The summed E-state index contributed by atoms with van der Waals surface area (Å²) in [4.78, 5) is 2.84. The van der Waals surface area contributed by atoms with E-state index in [1.165, 1.54) is 44.2 Å². The van der Waals surface area contributed by atoms with Gasteiger partial charge in [-0.05, 0) is 37.7 Å². The lowest BCUT2D eigenvalue weighted by molar-refractivity contribution is -0.0450. The zero-order valence-corrected chi connectivity index (χ0v) is 12.9. The highest BCUT2D eigenvalue weighted by Gasteiger charge is 2.46.